The van der Waals surface area contributed by atoms with Crippen molar-refractivity contribution in [3.05, 3.63) is 0 Å². The van der Waals surface area contributed by atoms with E-state index in [0.29, 0.717) is 25.4 Å². The Labute approximate surface area is 95.4 Å². The molecule has 0 atom stereocenters. The third-order valence-corrected chi connectivity index (χ3v) is 2.36. The minimum Gasteiger partial charge on any atom is -0.295 e. The van der Waals surface area contributed by atoms with Gasteiger partial charge in [0.25, 0.3) is 0 Å². The number of Topliss-reactive ketones (excluding diaryl/α,β-unsaturated/α-hetero) is 2. The van der Waals surface area contributed by atoms with Gasteiger partial charge in [0, 0.05) is 12.8 Å². The summed E-state index contributed by atoms with van der Waals surface area (Å²) in [6.07, 6.45) is 6.79. The minimum atomic E-state index is -0.337. The van der Waals surface area contributed by atoms with E-state index < -0.39 is 0 Å². The molecule has 0 aromatic carbocycles. The first-order chi connectivity index (χ1) is 7.70. The Morgan fingerprint density at radius 3 is 1.25 bits per heavy atom. The summed E-state index contributed by atoms with van der Waals surface area (Å²) in [4.78, 5) is 41.2. The Morgan fingerprint density at radius 2 is 0.938 bits per heavy atom. The first-order valence-corrected chi connectivity index (χ1v) is 5.66. The van der Waals surface area contributed by atoms with Gasteiger partial charge in [0.05, 0.1) is 0 Å². The van der Waals surface area contributed by atoms with Gasteiger partial charge in [-0.1, -0.05) is 25.7 Å². The van der Waals surface area contributed by atoms with Crippen molar-refractivity contribution in [3.63, 3.8) is 0 Å². The molecule has 0 rings (SSSR count). The maximum absolute atomic E-state index is 10.6. The van der Waals surface area contributed by atoms with Crippen molar-refractivity contribution in [2.75, 3.05) is 0 Å². The Bertz CT molecular complexity index is 219. The molecule has 0 aliphatic heterocycles. The van der Waals surface area contributed by atoms with Gasteiger partial charge in [-0.15, -0.1) is 0 Å². The molecule has 0 aliphatic carbocycles. The zero-order chi connectivity index (χ0) is 12.2. The molecule has 0 amide bonds. The van der Waals surface area contributed by atoms with E-state index in [4.69, 9.17) is 0 Å². The molecule has 0 heterocycles. The van der Waals surface area contributed by atoms with Crippen LogP contribution in [0.4, 0.5) is 0 Å². The van der Waals surface area contributed by atoms with E-state index in [1.54, 1.807) is 0 Å². The SMILES string of the molecule is O=CC(=O)CCCCCCCCC(=O)C=O. The van der Waals surface area contributed by atoms with E-state index in [1.165, 1.54) is 0 Å². The molecule has 0 radical (unpaired) electrons. The number of ketones is 2. The molecule has 90 valence electrons. The highest BCUT2D eigenvalue weighted by Gasteiger charge is 2.00. The summed E-state index contributed by atoms with van der Waals surface area (Å²) in [7, 11) is 0. The van der Waals surface area contributed by atoms with Crippen molar-refractivity contribution in [1.29, 1.82) is 0 Å². The van der Waals surface area contributed by atoms with E-state index >= 15 is 0 Å². The van der Waals surface area contributed by atoms with Gasteiger partial charge in [0.1, 0.15) is 0 Å². The van der Waals surface area contributed by atoms with Crippen molar-refractivity contribution in [2.45, 2.75) is 51.4 Å². The van der Waals surface area contributed by atoms with Crippen LogP contribution in [0.2, 0.25) is 0 Å². The van der Waals surface area contributed by atoms with Crippen LogP contribution in [0.25, 0.3) is 0 Å². The average molecular weight is 226 g/mol. The fraction of sp³-hybridized carbons (Fsp3) is 0.667. The van der Waals surface area contributed by atoms with Gasteiger partial charge in [-0.25, -0.2) is 0 Å². The molecule has 0 aliphatic rings. The number of carbonyl (C=O) groups is 4. The summed E-state index contributed by atoms with van der Waals surface area (Å²) in [5.41, 5.74) is 0. The smallest absolute Gasteiger partial charge is 0.195 e. The van der Waals surface area contributed by atoms with Gasteiger partial charge in [-0.05, 0) is 12.8 Å². The molecule has 0 aromatic heterocycles. The van der Waals surface area contributed by atoms with Crippen molar-refractivity contribution in [2.24, 2.45) is 0 Å². The van der Waals surface area contributed by atoms with Crippen LogP contribution in [-0.2, 0) is 19.2 Å². The minimum absolute atomic E-state index is 0.337. The monoisotopic (exact) mass is 226 g/mol. The van der Waals surface area contributed by atoms with Crippen molar-refractivity contribution >= 4 is 24.1 Å². The topological polar surface area (TPSA) is 68.3 Å². The Kier molecular flexibility index (Phi) is 9.36. The van der Waals surface area contributed by atoms with Gasteiger partial charge in [0.15, 0.2) is 24.1 Å². The molecule has 0 aromatic rings. The molecule has 0 saturated heterocycles. The van der Waals surface area contributed by atoms with Crippen LogP contribution < -0.4 is 0 Å². The third kappa shape index (κ3) is 9.24. The second-order valence-corrected chi connectivity index (χ2v) is 3.79. The second-order valence-electron chi connectivity index (χ2n) is 3.79. The lowest BCUT2D eigenvalue weighted by molar-refractivity contribution is -0.130. The van der Waals surface area contributed by atoms with Crippen LogP contribution >= 0.6 is 0 Å². The molecule has 0 spiro atoms. The molecule has 0 N–H and O–H groups in total. The molecular formula is C12H18O4. The fourth-order valence-corrected chi connectivity index (χ4v) is 1.42. The highest BCUT2D eigenvalue weighted by molar-refractivity contribution is 6.25. The van der Waals surface area contributed by atoms with Gasteiger partial charge >= 0.3 is 0 Å². The number of hydrogen-bond donors (Lipinski definition) is 0. The van der Waals surface area contributed by atoms with Crippen LogP contribution in [0.1, 0.15) is 51.4 Å². The summed E-state index contributed by atoms with van der Waals surface area (Å²) < 4.78 is 0. The zero-order valence-electron chi connectivity index (χ0n) is 9.44. The van der Waals surface area contributed by atoms with Crippen molar-refractivity contribution < 1.29 is 19.2 Å². The van der Waals surface area contributed by atoms with E-state index in [2.05, 4.69) is 0 Å². The summed E-state index contributed by atoms with van der Waals surface area (Å²) >= 11 is 0. The normalized spacial score (nSPS) is 9.75. The summed E-state index contributed by atoms with van der Waals surface area (Å²) in [5, 5.41) is 0. The number of aldehydes is 2. The standard InChI is InChI=1S/C12H18O4/c13-9-11(15)7-5-3-1-2-4-6-8-12(16)10-14/h9-10H,1-8H2. The summed E-state index contributed by atoms with van der Waals surface area (Å²) in [6.45, 7) is 0. The Hall–Kier alpha value is -1.32. The molecule has 0 bridgehead atoms. The first-order valence-electron chi connectivity index (χ1n) is 5.66. The van der Waals surface area contributed by atoms with Gasteiger partial charge in [-0.3, -0.25) is 19.2 Å². The van der Waals surface area contributed by atoms with Gasteiger partial charge in [0.2, 0.25) is 0 Å². The molecular weight excluding hydrogens is 208 g/mol. The van der Waals surface area contributed by atoms with E-state index in [0.717, 1.165) is 38.5 Å². The fourth-order valence-electron chi connectivity index (χ4n) is 1.42. The van der Waals surface area contributed by atoms with Crippen LogP contribution in [-0.4, -0.2) is 24.1 Å². The molecule has 0 fully saturated rings. The quantitative estimate of drug-likeness (QED) is 0.305. The highest BCUT2D eigenvalue weighted by Crippen LogP contribution is 2.08. The second kappa shape index (κ2) is 10.2. The Morgan fingerprint density at radius 1 is 0.625 bits per heavy atom. The molecule has 4 heteroatoms. The lowest BCUT2D eigenvalue weighted by atomic mass is 10.1. The van der Waals surface area contributed by atoms with Gasteiger partial charge in [-0.2, -0.15) is 0 Å². The molecule has 4 nitrogen and oxygen atoms in total. The average Bonchev–Trinajstić information content (AvgIpc) is 2.31. The van der Waals surface area contributed by atoms with E-state index in [1.807, 2.05) is 0 Å². The maximum atomic E-state index is 10.6. The first kappa shape index (κ1) is 14.7. The Balaban J connectivity index is 3.15. The van der Waals surface area contributed by atoms with Crippen LogP contribution in [0.3, 0.4) is 0 Å². The third-order valence-electron chi connectivity index (χ3n) is 2.36. The van der Waals surface area contributed by atoms with Crippen LogP contribution in [0, 0.1) is 0 Å². The van der Waals surface area contributed by atoms with Crippen molar-refractivity contribution in [3.8, 4) is 0 Å². The predicted molar refractivity (Wildman–Crippen MR) is 59.1 cm³/mol. The number of rotatable bonds is 11. The zero-order valence-corrected chi connectivity index (χ0v) is 9.44. The van der Waals surface area contributed by atoms with E-state index in [-0.39, 0.29) is 11.6 Å². The van der Waals surface area contributed by atoms with Crippen LogP contribution in [0.5, 0.6) is 0 Å². The lowest BCUT2D eigenvalue weighted by Gasteiger charge is -1.99. The molecule has 0 saturated carbocycles. The molecule has 16 heavy (non-hydrogen) atoms. The number of hydrogen-bond acceptors (Lipinski definition) is 4. The maximum Gasteiger partial charge on any atom is 0.195 e. The number of carbonyl (C=O) groups excluding carboxylic acids is 4. The number of unbranched alkanes of at least 4 members (excludes halogenated alkanes) is 5. The van der Waals surface area contributed by atoms with Crippen LogP contribution in [0.15, 0.2) is 0 Å². The van der Waals surface area contributed by atoms with Crippen molar-refractivity contribution in [1.82, 2.24) is 0 Å². The lowest BCUT2D eigenvalue weighted by Crippen LogP contribution is -1.98. The highest BCUT2D eigenvalue weighted by atomic mass is 16.2. The summed E-state index contributed by atoms with van der Waals surface area (Å²) in [5.74, 6) is -0.673. The predicted octanol–water partition coefficient (Wildman–Crippen LogP) is 1.64. The van der Waals surface area contributed by atoms with Gasteiger partial charge < -0.3 is 0 Å². The largest absolute Gasteiger partial charge is 0.295 e. The molecule has 0 unspecified atom stereocenters. The van der Waals surface area contributed by atoms with E-state index in [9.17, 15) is 19.2 Å². The summed E-state index contributed by atoms with van der Waals surface area (Å²) in [6, 6.07) is 0.